The van der Waals surface area contributed by atoms with Gasteiger partial charge in [0.2, 0.25) is 15.9 Å². The van der Waals surface area contributed by atoms with Gasteiger partial charge in [0.1, 0.15) is 5.76 Å². The van der Waals surface area contributed by atoms with Crippen LogP contribution in [-0.2, 0) is 21.2 Å². The Labute approximate surface area is 128 Å². The molecule has 1 aromatic heterocycles. The lowest BCUT2D eigenvalue weighted by Gasteiger charge is -2.06. The Morgan fingerprint density at radius 3 is 2.64 bits per heavy atom. The summed E-state index contributed by atoms with van der Waals surface area (Å²) >= 11 is 0. The zero-order valence-corrected chi connectivity index (χ0v) is 12.9. The predicted molar refractivity (Wildman–Crippen MR) is 81.8 cm³/mol. The van der Waals surface area contributed by atoms with E-state index in [0.29, 0.717) is 12.2 Å². The number of hydrogen-bond donors (Lipinski definition) is 2. The van der Waals surface area contributed by atoms with Crippen molar-refractivity contribution in [2.45, 2.75) is 13.3 Å². The number of amides is 1. The first-order valence-corrected chi connectivity index (χ1v) is 8.34. The van der Waals surface area contributed by atoms with Crippen LogP contribution in [0, 0.1) is 6.92 Å². The van der Waals surface area contributed by atoms with Crippen molar-refractivity contribution in [3.63, 3.8) is 0 Å². The second-order valence-corrected chi connectivity index (χ2v) is 6.67. The average Bonchev–Trinajstić information content (AvgIpc) is 2.90. The highest BCUT2D eigenvalue weighted by atomic mass is 32.2. The van der Waals surface area contributed by atoms with E-state index in [4.69, 9.17) is 4.52 Å². The molecule has 2 rings (SSSR count). The normalized spacial score (nSPS) is 11.3. The number of carbonyl (C=O) groups excluding carboxylic acids is 1. The number of nitrogens with zero attached hydrogens (tertiary/aromatic N) is 1. The van der Waals surface area contributed by atoms with E-state index in [0.717, 1.165) is 5.56 Å². The molecule has 0 atom stereocenters. The molecule has 0 saturated carbocycles. The maximum atomic E-state index is 11.8. The summed E-state index contributed by atoms with van der Waals surface area (Å²) in [5.74, 6) is 0.231. The topological polar surface area (TPSA) is 101 Å². The van der Waals surface area contributed by atoms with Crippen LogP contribution in [0.2, 0.25) is 0 Å². The maximum absolute atomic E-state index is 11.8. The fourth-order valence-electron chi connectivity index (χ4n) is 1.76. The molecule has 8 heteroatoms. The number of sulfonamides is 1. The van der Waals surface area contributed by atoms with Gasteiger partial charge in [-0.2, -0.15) is 0 Å². The molecule has 0 spiro atoms. The summed E-state index contributed by atoms with van der Waals surface area (Å²) < 4.78 is 30.7. The number of aromatic nitrogens is 1. The summed E-state index contributed by atoms with van der Waals surface area (Å²) in [7, 11) is -3.52. The number of aryl methyl sites for hydroxylation is 2. The summed E-state index contributed by atoms with van der Waals surface area (Å²) in [5.41, 5.74) is 0.926. The molecule has 118 valence electrons. The zero-order valence-electron chi connectivity index (χ0n) is 12.1. The van der Waals surface area contributed by atoms with Crippen LogP contribution >= 0.6 is 0 Å². The van der Waals surface area contributed by atoms with Crippen LogP contribution in [0.4, 0.5) is 5.82 Å². The average molecular weight is 323 g/mol. The third kappa shape index (κ3) is 5.30. The van der Waals surface area contributed by atoms with E-state index in [1.165, 1.54) is 0 Å². The molecule has 7 nitrogen and oxygen atoms in total. The molecule has 0 aliphatic carbocycles. The van der Waals surface area contributed by atoms with Crippen LogP contribution in [0.3, 0.4) is 0 Å². The standard InChI is InChI=1S/C14H17N3O4S/c1-11-9-13(17-21-11)16-14(18)10-15-22(19,20)8-7-12-5-3-2-4-6-12/h2-6,9,15H,7-8,10H2,1H3,(H,16,17,18). The fourth-order valence-corrected chi connectivity index (χ4v) is 2.76. The van der Waals surface area contributed by atoms with E-state index in [-0.39, 0.29) is 18.1 Å². The molecule has 1 aromatic carbocycles. The molecule has 0 aliphatic rings. The Hall–Kier alpha value is -2.19. The Bertz CT molecular complexity index is 726. The Balaban J connectivity index is 1.78. The van der Waals surface area contributed by atoms with Crippen LogP contribution < -0.4 is 10.0 Å². The minimum Gasteiger partial charge on any atom is -0.360 e. The van der Waals surface area contributed by atoms with Gasteiger partial charge in [-0.15, -0.1) is 0 Å². The van der Waals surface area contributed by atoms with E-state index in [1.54, 1.807) is 13.0 Å². The van der Waals surface area contributed by atoms with Gasteiger partial charge in [-0.1, -0.05) is 35.5 Å². The molecular formula is C14H17N3O4S. The van der Waals surface area contributed by atoms with Gasteiger partial charge in [-0.3, -0.25) is 4.79 Å². The lowest BCUT2D eigenvalue weighted by atomic mass is 10.2. The summed E-state index contributed by atoms with van der Waals surface area (Å²) in [6.45, 7) is 1.35. The van der Waals surface area contributed by atoms with Crippen LogP contribution in [0.25, 0.3) is 0 Å². The summed E-state index contributed by atoms with van der Waals surface area (Å²) in [6, 6.07) is 10.8. The third-order valence-electron chi connectivity index (χ3n) is 2.85. The number of hydrogen-bond acceptors (Lipinski definition) is 5. The predicted octanol–water partition coefficient (Wildman–Crippen LogP) is 1.08. The van der Waals surface area contributed by atoms with Gasteiger partial charge >= 0.3 is 0 Å². The Morgan fingerprint density at radius 2 is 2.00 bits per heavy atom. The summed E-state index contributed by atoms with van der Waals surface area (Å²) in [4.78, 5) is 11.6. The fraction of sp³-hybridized carbons (Fsp3) is 0.286. The van der Waals surface area contributed by atoms with E-state index in [9.17, 15) is 13.2 Å². The van der Waals surface area contributed by atoms with Crippen molar-refractivity contribution in [3.05, 3.63) is 47.7 Å². The number of benzene rings is 1. The molecule has 0 fully saturated rings. The first-order valence-electron chi connectivity index (χ1n) is 6.69. The molecular weight excluding hydrogens is 306 g/mol. The van der Waals surface area contributed by atoms with Crippen molar-refractivity contribution < 1.29 is 17.7 Å². The molecule has 0 saturated heterocycles. The molecule has 22 heavy (non-hydrogen) atoms. The zero-order chi connectivity index (χ0) is 16.0. The summed E-state index contributed by atoms with van der Waals surface area (Å²) in [6.07, 6.45) is 0.389. The minimum absolute atomic E-state index is 0.0760. The van der Waals surface area contributed by atoms with Gasteiger partial charge in [0.05, 0.1) is 12.3 Å². The molecule has 1 heterocycles. The SMILES string of the molecule is Cc1cc(NC(=O)CNS(=O)(=O)CCc2ccccc2)no1. The van der Waals surface area contributed by atoms with Crippen molar-refractivity contribution in [3.8, 4) is 0 Å². The van der Waals surface area contributed by atoms with E-state index in [1.807, 2.05) is 30.3 Å². The number of carbonyl (C=O) groups is 1. The van der Waals surface area contributed by atoms with E-state index >= 15 is 0 Å². The second-order valence-electron chi connectivity index (χ2n) is 4.75. The van der Waals surface area contributed by atoms with Crippen molar-refractivity contribution in [1.29, 1.82) is 0 Å². The van der Waals surface area contributed by atoms with Gasteiger partial charge in [0.15, 0.2) is 5.82 Å². The molecule has 0 radical (unpaired) electrons. The number of anilines is 1. The van der Waals surface area contributed by atoms with Crippen molar-refractivity contribution >= 4 is 21.7 Å². The van der Waals surface area contributed by atoms with Crippen molar-refractivity contribution in [2.75, 3.05) is 17.6 Å². The molecule has 0 aliphatic heterocycles. The minimum atomic E-state index is -3.52. The first-order chi connectivity index (χ1) is 10.4. The first kappa shape index (κ1) is 16.2. The van der Waals surface area contributed by atoms with Crippen LogP contribution in [0.1, 0.15) is 11.3 Å². The summed E-state index contributed by atoms with van der Waals surface area (Å²) in [5, 5.41) is 6.03. The number of nitrogens with one attached hydrogen (secondary N) is 2. The van der Waals surface area contributed by atoms with Gasteiger partial charge in [-0.05, 0) is 18.9 Å². The van der Waals surface area contributed by atoms with Gasteiger partial charge in [0.25, 0.3) is 0 Å². The van der Waals surface area contributed by atoms with E-state index in [2.05, 4.69) is 15.2 Å². The molecule has 0 unspecified atom stereocenters. The largest absolute Gasteiger partial charge is 0.360 e. The third-order valence-corrected chi connectivity index (χ3v) is 4.18. The Morgan fingerprint density at radius 1 is 1.27 bits per heavy atom. The quantitative estimate of drug-likeness (QED) is 0.794. The van der Waals surface area contributed by atoms with Gasteiger partial charge < -0.3 is 9.84 Å². The molecule has 2 aromatic rings. The van der Waals surface area contributed by atoms with Crippen LogP contribution in [-0.4, -0.2) is 31.8 Å². The highest BCUT2D eigenvalue weighted by molar-refractivity contribution is 7.89. The monoisotopic (exact) mass is 323 g/mol. The molecule has 2 N–H and O–H groups in total. The highest BCUT2D eigenvalue weighted by Gasteiger charge is 2.13. The molecule has 0 bridgehead atoms. The highest BCUT2D eigenvalue weighted by Crippen LogP contribution is 2.06. The van der Waals surface area contributed by atoms with Crippen molar-refractivity contribution in [1.82, 2.24) is 9.88 Å². The molecule has 1 amide bonds. The van der Waals surface area contributed by atoms with Crippen LogP contribution in [0.15, 0.2) is 40.9 Å². The Kier molecular flexibility index (Phi) is 5.29. The van der Waals surface area contributed by atoms with Gasteiger partial charge in [-0.25, -0.2) is 13.1 Å². The van der Waals surface area contributed by atoms with Crippen LogP contribution in [0.5, 0.6) is 0 Å². The van der Waals surface area contributed by atoms with Gasteiger partial charge in [0, 0.05) is 6.07 Å². The number of rotatable bonds is 7. The second kappa shape index (κ2) is 7.19. The smallest absolute Gasteiger partial charge is 0.240 e. The lowest BCUT2D eigenvalue weighted by Crippen LogP contribution is -2.34. The van der Waals surface area contributed by atoms with Crippen molar-refractivity contribution in [2.24, 2.45) is 0 Å². The maximum Gasteiger partial charge on any atom is 0.240 e. The lowest BCUT2D eigenvalue weighted by molar-refractivity contribution is -0.115. The van der Waals surface area contributed by atoms with E-state index < -0.39 is 15.9 Å².